The maximum Gasteiger partial charge on any atom is 0.230 e. The first-order chi connectivity index (χ1) is 7.02. The minimum atomic E-state index is -0.353. The van der Waals surface area contributed by atoms with E-state index >= 15 is 0 Å². The van der Waals surface area contributed by atoms with E-state index in [1.165, 1.54) is 0 Å². The van der Waals surface area contributed by atoms with Gasteiger partial charge >= 0.3 is 0 Å². The van der Waals surface area contributed by atoms with Gasteiger partial charge in [-0.05, 0) is 13.3 Å². The number of amides is 1. The highest BCUT2D eigenvalue weighted by Gasteiger charge is 2.20. The summed E-state index contributed by atoms with van der Waals surface area (Å²) in [5.41, 5.74) is 5.50. The van der Waals surface area contributed by atoms with E-state index in [9.17, 15) is 4.79 Å². The molecule has 0 aromatic heterocycles. The number of hydrogen-bond donors (Lipinski definition) is 2. The third-order valence-corrected chi connectivity index (χ3v) is 2.49. The molecule has 0 rings (SSSR count). The Morgan fingerprint density at radius 2 is 2.20 bits per heavy atom. The van der Waals surface area contributed by atoms with Crippen molar-refractivity contribution in [2.24, 2.45) is 11.7 Å². The first-order valence-corrected chi connectivity index (χ1v) is 5.53. The van der Waals surface area contributed by atoms with Crippen molar-refractivity contribution in [1.29, 1.82) is 0 Å². The van der Waals surface area contributed by atoms with Crippen molar-refractivity contribution in [1.82, 2.24) is 5.32 Å². The molecule has 88 valence electrons. The molecule has 0 fully saturated rings. The Kier molecular flexibility index (Phi) is 7.25. The van der Waals surface area contributed by atoms with Gasteiger partial charge in [-0.15, -0.1) is 0 Å². The average Bonchev–Trinajstić information content (AvgIpc) is 2.21. The summed E-state index contributed by atoms with van der Waals surface area (Å²) in [4.78, 5) is 11.9. The Hall–Kier alpha value is -0.680. The molecule has 3 N–H and O–H groups in total. The molecular formula is C10H20N2O2S. The summed E-state index contributed by atoms with van der Waals surface area (Å²) in [5, 5.41) is 2.77. The van der Waals surface area contributed by atoms with E-state index in [0.29, 0.717) is 13.0 Å². The smallest absolute Gasteiger partial charge is 0.230 e. The monoisotopic (exact) mass is 232 g/mol. The number of carbonyl (C=O) groups excluding carboxylic acids is 1. The van der Waals surface area contributed by atoms with Crippen LogP contribution in [0.5, 0.6) is 0 Å². The normalized spacial score (nSPS) is 14.3. The Labute approximate surface area is 96.5 Å². The average molecular weight is 232 g/mol. The SMILES string of the molecule is CCCC(C(=O)NCC(C)OC)C(N)=S. The number of carbonyl (C=O) groups is 1. The van der Waals surface area contributed by atoms with E-state index in [1.807, 2.05) is 13.8 Å². The molecule has 15 heavy (non-hydrogen) atoms. The molecule has 0 spiro atoms. The second-order valence-corrected chi connectivity index (χ2v) is 4.01. The molecule has 0 bridgehead atoms. The van der Waals surface area contributed by atoms with Crippen LogP contribution in [-0.4, -0.2) is 30.7 Å². The van der Waals surface area contributed by atoms with E-state index in [0.717, 1.165) is 6.42 Å². The summed E-state index contributed by atoms with van der Waals surface area (Å²) in [7, 11) is 1.61. The fraction of sp³-hybridized carbons (Fsp3) is 0.800. The lowest BCUT2D eigenvalue weighted by Gasteiger charge is -2.16. The van der Waals surface area contributed by atoms with E-state index in [2.05, 4.69) is 5.32 Å². The zero-order valence-corrected chi connectivity index (χ0v) is 10.4. The molecule has 0 aromatic carbocycles. The first-order valence-electron chi connectivity index (χ1n) is 5.12. The topological polar surface area (TPSA) is 64.3 Å². The quantitative estimate of drug-likeness (QED) is 0.638. The maximum absolute atomic E-state index is 11.7. The summed E-state index contributed by atoms with van der Waals surface area (Å²) in [6.07, 6.45) is 1.58. The van der Waals surface area contributed by atoms with E-state index in [1.54, 1.807) is 7.11 Å². The van der Waals surface area contributed by atoms with Gasteiger partial charge in [0.1, 0.15) is 0 Å². The number of hydrogen-bond acceptors (Lipinski definition) is 3. The van der Waals surface area contributed by atoms with Crippen LogP contribution in [0.3, 0.4) is 0 Å². The number of nitrogens with one attached hydrogen (secondary N) is 1. The molecule has 0 heterocycles. The molecule has 0 aliphatic rings. The summed E-state index contributed by atoms with van der Waals surface area (Å²) in [5.74, 6) is -0.456. The van der Waals surface area contributed by atoms with Gasteiger partial charge in [0.15, 0.2) is 0 Å². The number of thiocarbonyl (C=S) groups is 1. The van der Waals surface area contributed by atoms with Crippen LogP contribution in [0.25, 0.3) is 0 Å². The molecule has 0 aromatic rings. The molecule has 0 saturated heterocycles. The summed E-state index contributed by atoms with van der Waals surface area (Å²) in [6, 6.07) is 0. The summed E-state index contributed by atoms with van der Waals surface area (Å²) in [6.45, 7) is 4.37. The molecule has 0 radical (unpaired) electrons. The Balaban J connectivity index is 4.09. The third-order valence-electron chi connectivity index (χ3n) is 2.20. The van der Waals surface area contributed by atoms with E-state index < -0.39 is 0 Å². The lowest BCUT2D eigenvalue weighted by molar-refractivity contribution is -0.123. The third kappa shape index (κ3) is 5.69. The molecule has 0 saturated carbocycles. The van der Waals surface area contributed by atoms with Gasteiger partial charge in [0.25, 0.3) is 0 Å². The number of nitrogens with two attached hydrogens (primary N) is 1. The predicted octanol–water partition coefficient (Wildman–Crippen LogP) is 0.840. The van der Waals surface area contributed by atoms with Crippen molar-refractivity contribution in [2.75, 3.05) is 13.7 Å². The van der Waals surface area contributed by atoms with E-state index in [-0.39, 0.29) is 22.9 Å². The van der Waals surface area contributed by atoms with Crippen LogP contribution in [0, 0.1) is 5.92 Å². The Morgan fingerprint density at radius 3 is 2.60 bits per heavy atom. The minimum Gasteiger partial charge on any atom is -0.393 e. The highest BCUT2D eigenvalue weighted by Crippen LogP contribution is 2.06. The van der Waals surface area contributed by atoms with Crippen LogP contribution in [0.1, 0.15) is 26.7 Å². The molecule has 0 aliphatic carbocycles. The number of rotatable bonds is 7. The maximum atomic E-state index is 11.7. The zero-order valence-electron chi connectivity index (χ0n) is 9.58. The number of ether oxygens (including phenoxy) is 1. The summed E-state index contributed by atoms with van der Waals surface area (Å²) < 4.78 is 5.02. The molecule has 2 unspecified atom stereocenters. The minimum absolute atomic E-state index is 0.00238. The molecular weight excluding hydrogens is 212 g/mol. The van der Waals surface area contributed by atoms with Gasteiger partial charge in [0, 0.05) is 13.7 Å². The van der Waals surface area contributed by atoms with Crippen LogP contribution >= 0.6 is 12.2 Å². The zero-order chi connectivity index (χ0) is 11.8. The molecule has 4 nitrogen and oxygen atoms in total. The van der Waals surface area contributed by atoms with Crippen molar-refractivity contribution in [3.63, 3.8) is 0 Å². The van der Waals surface area contributed by atoms with Crippen LogP contribution in [-0.2, 0) is 9.53 Å². The van der Waals surface area contributed by atoms with Crippen LogP contribution in [0.2, 0.25) is 0 Å². The van der Waals surface area contributed by atoms with Crippen LogP contribution in [0.15, 0.2) is 0 Å². The van der Waals surface area contributed by atoms with Gasteiger partial charge in [-0.3, -0.25) is 4.79 Å². The number of methoxy groups -OCH3 is 1. The van der Waals surface area contributed by atoms with E-state index in [4.69, 9.17) is 22.7 Å². The second kappa shape index (κ2) is 7.59. The molecule has 5 heteroatoms. The fourth-order valence-electron chi connectivity index (χ4n) is 1.14. The standard InChI is InChI=1S/C10H20N2O2S/c1-4-5-8(9(11)15)10(13)12-6-7(2)14-3/h7-8H,4-6H2,1-3H3,(H2,11,15)(H,12,13). The Morgan fingerprint density at radius 1 is 1.60 bits per heavy atom. The fourth-order valence-corrected chi connectivity index (χ4v) is 1.37. The molecule has 0 aliphatic heterocycles. The van der Waals surface area contributed by atoms with Crippen molar-refractivity contribution < 1.29 is 9.53 Å². The van der Waals surface area contributed by atoms with Gasteiger partial charge in [-0.25, -0.2) is 0 Å². The van der Waals surface area contributed by atoms with Crippen LogP contribution < -0.4 is 11.1 Å². The van der Waals surface area contributed by atoms with Gasteiger partial charge in [-0.1, -0.05) is 25.6 Å². The highest BCUT2D eigenvalue weighted by atomic mass is 32.1. The van der Waals surface area contributed by atoms with Gasteiger partial charge in [-0.2, -0.15) is 0 Å². The van der Waals surface area contributed by atoms with Crippen molar-refractivity contribution in [2.45, 2.75) is 32.8 Å². The second-order valence-electron chi connectivity index (χ2n) is 3.54. The lowest BCUT2D eigenvalue weighted by Crippen LogP contribution is -2.40. The first kappa shape index (κ1) is 14.3. The molecule has 2 atom stereocenters. The lowest BCUT2D eigenvalue weighted by atomic mass is 10.0. The summed E-state index contributed by atoms with van der Waals surface area (Å²) >= 11 is 4.85. The highest BCUT2D eigenvalue weighted by molar-refractivity contribution is 7.80. The van der Waals surface area contributed by atoms with Gasteiger partial charge in [0.2, 0.25) is 5.91 Å². The molecule has 1 amide bonds. The van der Waals surface area contributed by atoms with Gasteiger partial charge < -0.3 is 15.8 Å². The predicted molar refractivity (Wildman–Crippen MR) is 64.7 cm³/mol. The van der Waals surface area contributed by atoms with Crippen LogP contribution in [0.4, 0.5) is 0 Å². The van der Waals surface area contributed by atoms with Gasteiger partial charge in [0.05, 0.1) is 17.0 Å². The largest absolute Gasteiger partial charge is 0.393 e. The van der Waals surface area contributed by atoms with Crippen molar-refractivity contribution in [3.05, 3.63) is 0 Å². The Bertz CT molecular complexity index is 221. The van der Waals surface area contributed by atoms with Crippen molar-refractivity contribution in [3.8, 4) is 0 Å². The van der Waals surface area contributed by atoms with Crippen molar-refractivity contribution >= 4 is 23.1 Å².